The van der Waals surface area contributed by atoms with Crippen molar-refractivity contribution >= 4 is 17.3 Å². The average Bonchev–Trinajstić information content (AvgIpc) is 3.49. The minimum Gasteiger partial charge on any atom is -0.488 e. The Kier molecular flexibility index (Phi) is 10.7. The van der Waals surface area contributed by atoms with Gasteiger partial charge in [-0.05, 0) is 84.7 Å². The maximum Gasteiger partial charge on any atom is 0.423 e. The Bertz CT molecular complexity index is 1620. The zero-order valence-corrected chi connectivity index (χ0v) is 27.1. The largest absolute Gasteiger partial charge is 0.488 e. The molecule has 2 aliphatic heterocycles. The van der Waals surface area contributed by atoms with Crippen molar-refractivity contribution in [2.45, 2.75) is 56.9 Å². The predicted octanol–water partition coefficient (Wildman–Crippen LogP) is 6.95. The van der Waals surface area contributed by atoms with Crippen LogP contribution in [0.4, 0.5) is 28.9 Å². The number of amides is 1. The molecule has 2 fully saturated rings. The first-order valence-corrected chi connectivity index (χ1v) is 16.8. The summed E-state index contributed by atoms with van der Waals surface area (Å²) in [6.07, 6.45) is -0.339. The van der Waals surface area contributed by atoms with Crippen LogP contribution in [0.1, 0.15) is 43.2 Å². The molecule has 0 radical (unpaired) electrons. The normalized spacial score (nSPS) is 21.2. The molecule has 262 valence electrons. The molecule has 1 amide bonds. The van der Waals surface area contributed by atoms with Gasteiger partial charge in [0, 0.05) is 57.4 Å². The van der Waals surface area contributed by atoms with Crippen LogP contribution >= 0.6 is 0 Å². The number of nitro benzene ring substituents is 1. The van der Waals surface area contributed by atoms with E-state index >= 15 is 0 Å². The van der Waals surface area contributed by atoms with E-state index in [4.69, 9.17) is 9.47 Å². The number of carbonyl (C=O) groups excluding carboxylic acids is 1. The van der Waals surface area contributed by atoms with Gasteiger partial charge in [-0.3, -0.25) is 19.8 Å². The first-order valence-electron chi connectivity index (χ1n) is 16.8. The number of nitrogens with one attached hydrogen (secondary N) is 1. The van der Waals surface area contributed by atoms with E-state index in [1.165, 1.54) is 18.2 Å². The van der Waals surface area contributed by atoms with E-state index in [1.54, 1.807) is 12.1 Å². The monoisotopic (exact) mass is 684 g/mol. The van der Waals surface area contributed by atoms with Gasteiger partial charge in [0.15, 0.2) is 0 Å². The van der Waals surface area contributed by atoms with E-state index in [9.17, 15) is 32.5 Å². The van der Waals surface area contributed by atoms with Crippen LogP contribution in [-0.2, 0) is 22.1 Å². The number of anilines is 1. The summed E-state index contributed by atoms with van der Waals surface area (Å²) in [5.41, 5.74) is 1.13. The van der Waals surface area contributed by atoms with E-state index in [2.05, 4.69) is 16.3 Å². The fraction of sp³-hybridized carbons (Fsp3) is 0.472. The molecule has 1 atom stereocenters. The van der Waals surface area contributed by atoms with Crippen molar-refractivity contribution in [2.24, 2.45) is 5.92 Å². The molecule has 0 spiro atoms. The van der Waals surface area contributed by atoms with Crippen LogP contribution in [0, 0.1) is 21.8 Å². The van der Waals surface area contributed by atoms with Crippen molar-refractivity contribution in [1.82, 2.24) is 9.80 Å². The van der Waals surface area contributed by atoms with Crippen molar-refractivity contribution in [2.75, 3.05) is 51.2 Å². The molecule has 1 unspecified atom stereocenters. The lowest BCUT2D eigenvalue weighted by Gasteiger charge is -2.36. The molecule has 6 rings (SSSR count). The molecule has 1 saturated carbocycles. The summed E-state index contributed by atoms with van der Waals surface area (Å²) >= 11 is 0. The van der Waals surface area contributed by atoms with Gasteiger partial charge in [-0.15, -0.1) is 0 Å². The van der Waals surface area contributed by atoms with Gasteiger partial charge >= 0.3 is 6.18 Å². The summed E-state index contributed by atoms with van der Waals surface area (Å²) in [4.78, 5) is 27.1. The molecule has 0 bridgehead atoms. The second-order valence-electron chi connectivity index (χ2n) is 13.1. The molecule has 9 nitrogen and oxygen atoms in total. The number of piperazine rings is 1. The number of halogens is 4. The molecule has 2 heterocycles. The Morgan fingerprint density at radius 3 is 2.37 bits per heavy atom. The van der Waals surface area contributed by atoms with Crippen LogP contribution in [-0.4, -0.2) is 78.7 Å². The SMILES string of the molecule is O=C(CCOC1CCC(CNc2ccc([N+](=O)[O-])c(C(F)(F)F)c2)CC1)N1CCN(CC2Cc3cc(-c4ccc(F)cc4)ccc3O2)CC1. The number of nitro groups is 1. The van der Waals surface area contributed by atoms with Crippen LogP contribution in [0.2, 0.25) is 0 Å². The Balaban J connectivity index is 0.857. The van der Waals surface area contributed by atoms with Gasteiger partial charge < -0.3 is 19.7 Å². The zero-order chi connectivity index (χ0) is 34.5. The van der Waals surface area contributed by atoms with Crippen LogP contribution in [0.5, 0.6) is 5.75 Å². The highest BCUT2D eigenvalue weighted by Gasteiger charge is 2.38. The molecule has 0 aromatic heterocycles. The van der Waals surface area contributed by atoms with Gasteiger partial charge in [0.25, 0.3) is 5.69 Å². The topological polar surface area (TPSA) is 97.2 Å². The molecular formula is C36H40F4N4O5. The highest BCUT2D eigenvalue weighted by Crippen LogP contribution is 2.38. The summed E-state index contributed by atoms with van der Waals surface area (Å²) in [5, 5.41) is 14.0. The molecule has 3 aliphatic rings. The van der Waals surface area contributed by atoms with E-state index in [-0.39, 0.29) is 35.5 Å². The molecule has 1 aliphatic carbocycles. The summed E-state index contributed by atoms with van der Waals surface area (Å²) in [5.74, 6) is 0.954. The summed E-state index contributed by atoms with van der Waals surface area (Å²) < 4.78 is 65.4. The van der Waals surface area contributed by atoms with Gasteiger partial charge in [0.05, 0.1) is 24.1 Å². The Hall–Kier alpha value is -4.23. The van der Waals surface area contributed by atoms with Crippen molar-refractivity contribution in [3.63, 3.8) is 0 Å². The minimum atomic E-state index is -4.82. The third kappa shape index (κ3) is 8.87. The van der Waals surface area contributed by atoms with Gasteiger partial charge in [0.1, 0.15) is 23.2 Å². The number of fused-ring (bicyclic) bond motifs is 1. The fourth-order valence-electron chi connectivity index (χ4n) is 6.98. The predicted molar refractivity (Wildman–Crippen MR) is 176 cm³/mol. The van der Waals surface area contributed by atoms with E-state index in [1.807, 2.05) is 17.0 Å². The summed E-state index contributed by atoms with van der Waals surface area (Å²) in [7, 11) is 0. The quantitative estimate of drug-likeness (QED) is 0.133. The molecule has 3 aromatic carbocycles. The summed E-state index contributed by atoms with van der Waals surface area (Å²) in [6.45, 7) is 4.47. The standard InChI is InChI=1S/C36H40F4N4O5/c37-28-6-3-25(4-7-28)26-5-12-34-27(19-26)20-31(49-34)23-42-14-16-43(17-15-42)35(45)13-18-48-30-9-1-24(2-10-30)22-41-29-8-11-33(44(46)47)32(21-29)36(38,39)40/h3-8,11-12,19,21,24,30-31,41H,1-2,9-10,13-18,20,22-23H2. The highest BCUT2D eigenvalue weighted by molar-refractivity contribution is 5.76. The number of nitrogens with zero attached hydrogens (tertiary/aromatic N) is 3. The van der Waals surface area contributed by atoms with Crippen LogP contribution in [0.3, 0.4) is 0 Å². The maximum atomic E-state index is 13.3. The van der Waals surface area contributed by atoms with Crippen molar-refractivity contribution in [1.29, 1.82) is 0 Å². The lowest BCUT2D eigenvalue weighted by molar-refractivity contribution is -0.388. The Labute approximate surface area is 282 Å². The zero-order valence-electron chi connectivity index (χ0n) is 27.1. The third-order valence-corrected chi connectivity index (χ3v) is 9.72. The second-order valence-corrected chi connectivity index (χ2v) is 13.1. The lowest BCUT2D eigenvalue weighted by Crippen LogP contribution is -2.51. The second kappa shape index (κ2) is 15.1. The van der Waals surface area contributed by atoms with E-state index in [0.29, 0.717) is 32.7 Å². The molecular weight excluding hydrogens is 644 g/mol. The van der Waals surface area contributed by atoms with Gasteiger partial charge in [0.2, 0.25) is 5.91 Å². The van der Waals surface area contributed by atoms with Crippen LogP contribution in [0.15, 0.2) is 60.7 Å². The number of ether oxygens (including phenoxy) is 2. The molecule has 1 N–H and O–H groups in total. The van der Waals surface area contributed by atoms with Crippen LogP contribution < -0.4 is 10.1 Å². The molecule has 49 heavy (non-hydrogen) atoms. The highest BCUT2D eigenvalue weighted by atomic mass is 19.4. The van der Waals surface area contributed by atoms with E-state index in [0.717, 1.165) is 86.3 Å². The Morgan fingerprint density at radius 2 is 1.67 bits per heavy atom. The van der Waals surface area contributed by atoms with E-state index < -0.39 is 22.4 Å². The molecule has 13 heteroatoms. The first-order chi connectivity index (χ1) is 23.5. The number of hydrogen-bond acceptors (Lipinski definition) is 7. The van der Waals surface area contributed by atoms with Gasteiger partial charge in [-0.25, -0.2) is 4.39 Å². The third-order valence-electron chi connectivity index (χ3n) is 9.72. The number of carbonyl (C=O) groups is 1. The van der Waals surface area contributed by atoms with Crippen molar-refractivity contribution in [3.8, 4) is 16.9 Å². The Morgan fingerprint density at radius 1 is 0.959 bits per heavy atom. The maximum absolute atomic E-state index is 13.3. The van der Waals surface area contributed by atoms with Crippen LogP contribution in [0.25, 0.3) is 11.1 Å². The number of benzene rings is 3. The number of rotatable bonds is 11. The average molecular weight is 685 g/mol. The van der Waals surface area contributed by atoms with Gasteiger partial charge in [-0.1, -0.05) is 18.2 Å². The summed E-state index contributed by atoms with van der Waals surface area (Å²) in [6, 6.07) is 15.6. The lowest BCUT2D eigenvalue weighted by atomic mass is 9.87. The number of hydrogen-bond donors (Lipinski definition) is 1. The smallest absolute Gasteiger partial charge is 0.423 e. The minimum absolute atomic E-state index is 0.0411. The van der Waals surface area contributed by atoms with Crippen molar-refractivity contribution in [3.05, 3.63) is 87.7 Å². The van der Waals surface area contributed by atoms with Gasteiger partial charge in [-0.2, -0.15) is 13.2 Å². The fourth-order valence-corrected chi connectivity index (χ4v) is 6.98. The molecule has 1 saturated heterocycles. The van der Waals surface area contributed by atoms with Crippen molar-refractivity contribution < 1.29 is 36.8 Å². The first kappa shape index (κ1) is 34.6. The molecule has 3 aromatic rings. The number of alkyl halides is 3.